The SMILES string of the molecule is COC(=O)NCc1ccn(C)c1. The molecule has 1 N–H and O–H groups in total. The zero-order chi connectivity index (χ0) is 8.97. The summed E-state index contributed by atoms with van der Waals surface area (Å²) >= 11 is 0. The average molecular weight is 168 g/mol. The van der Waals surface area contributed by atoms with Crippen LogP contribution >= 0.6 is 0 Å². The minimum atomic E-state index is -0.404. The third kappa shape index (κ3) is 2.30. The van der Waals surface area contributed by atoms with Crippen LogP contribution in [0, 0.1) is 0 Å². The maximum Gasteiger partial charge on any atom is 0.407 e. The van der Waals surface area contributed by atoms with Crippen molar-refractivity contribution in [3.63, 3.8) is 0 Å². The molecule has 1 aromatic rings. The van der Waals surface area contributed by atoms with Gasteiger partial charge in [0, 0.05) is 26.0 Å². The molecule has 0 saturated carbocycles. The Labute approximate surface area is 71.1 Å². The molecule has 1 rings (SSSR count). The van der Waals surface area contributed by atoms with Crippen molar-refractivity contribution in [2.24, 2.45) is 7.05 Å². The molecule has 1 amide bonds. The fourth-order valence-corrected chi connectivity index (χ4v) is 0.912. The molecule has 0 spiro atoms. The first-order valence-corrected chi connectivity index (χ1v) is 3.65. The molecule has 12 heavy (non-hydrogen) atoms. The Bertz CT molecular complexity index is 268. The number of nitrogens with one attached hydrogen (secondary N) is 1. The van der Waals surface area contributed by atoms with Gasteiger partial charge in [0.1, 0.15) is 0 Å². The molecule has 0 bridgehead atoms. The topological polar surface area (TPSA) is 43.3 Å². The maximum absolute atomic E-state index is 10.7. The Morgan fingerprint density at radius 3 is 3.00 bits per heavy atom. The number of amides is 1. The number of aryl methyl sites for hydroxylation is 1. The van der Waals surface area contributed by atoms with E-state index in [0.29, 0.717) is 6.54 Å². The van der Waals surface area contributed by atoms with Gasteiger partial charge in [-0.1, -0.05) is 0 Å². The van der Waals surface area contributed by atoms with Crippen LogP contribution in [0.15, 0.2) is 18.5 Å². The normalized spacial score (nSPS) is 9.50. The van der Waals surface area contributed by atoms with Gasteiger partial charge in [-0.05, 0) is 11.6 Å². The molecule has 0 aliphatic carbocycles. The van der Waals surface area contributed by atoms with E-state index in [0.717, 1.165) is 5.56 Å². The van der Waals surface area contributed by atoms with E-state index < -0.39 is 6.09 Å². The van der Waals surface area contributed by atoms with Crippen LogP contribution < -0.4 is 5.32 Å². The van der Waals surface area contributed by atoms with Crippen LogP contribution in [-0.2, 0) is 18.3 Å². The summed E-state index contributed by atoms with van der Waals surface area (Å²) in [6, 6.07) is 1.94. The zero-order valence-electron chi connectivity index (χ0n) is 7.20. The van der Waals surface area contributed by atoms with Crippen molar-refractivity contribution in [2.75, 3.05) is 7.11 Å². The smallest absolute Gasteiger partial charge is 0.407 e. The fourth-order valence-electron chi connectivity index (χ4n) is 0.912. The van der Waals surface area contributed by atoms with Crippen molar-refractivity contribution in [1.82, 2.24) is 9.88 Å². The number of hydrogen-bond acceptors (Lipinski definition) is 2. The van der Waals surface area contributed by atoms with Gasteiger partial charge in [0.25, 0.3) is 0 Å². The highest BCUT2D eigenvalue weighted by molar-refractivity contribution is 5.66. The van der Waals surface area contributed by atoms with Gasteiger partial charge in [-0.25, -0.2) is 4.79 Å². The van der Waals surface area contributed by atoms with E-state index in [1.54, 1.807) is 0 Å². The molecule has 66 valence electrons. The van der Waals surface area contributed by atoms with Crippen molar-refractivity contribution in [1.29, 1.82) is 0 Å². The highest BCUT2D eigenvalue weighted by Gasteiger charge is 1.98. The summed E-state index contributed by atoms with van der Waals surface area (Å²) in [5, 5.41) is 2.59. The van der Waals surface area contributed by atoms with E-state index in [2.05, 4.69) is 10.1 Å². The lowest BCUT2D eigenvalue weighted by Crippen LogP contribution is -2.21. The molecule has 0 atom stereocenters. The van der Waals surface area contributed by atoms with E-state index in [1.807, 2.05) is 30.1 Å². The monoisotopic (exact) mass is 168 g/mol. The summed E-state index contributed by atoms with van der Waals surface area (Å²) in [5.74, 6) is 0. The minimum absolute atomic E-state index is 0.404. The van der Waals surface area contributed by atoms with Crippen LogP contribution in [0.5, 0.6) is 0 Å². The summed E-state index contributed by atoms with van der Waals surface area (Å²) in [4.78, 5) is 10.7. The molecule has 0 unspecified atom stereocenters. The number of ether oxygens (including phenoxy) is 1. The van der Waals surface area contributed by atoms with E-state index in [4.69, 9.17) is 0 Å². The lowest BCUT2D eigenvalue weighted by atomic mass is 10.3. The molecule has 0 aromatic carbocycles. The molecular formula is C8H12N2O2. The largest absolute Gasteiger partial charge is 0.453 e. The molecule has 0 saturated heterocycles. The number of rotatable bonds is 2. The molecule has 1 heterocycles. The first-order valence-electron chi connectivity index (χ1n) is 3.65. The quantitative estimate of drug-likeness (QED) is 0.712. The van der Waals surface area contributed by atoms with Crippen LogP contribution in [0.1, 0.15) is 5.56 Å². The summed E-state index contributed by atoms with van der Waals surface area (Å²) in [5.41, 5.74) is 1.06. The second-order valence-electron chi connectivity index (χ2n) is 2.53. The molecule has 0 aliphatic heterocycles. The number of aromatic nitrogens is 1. The van der Waals surface area contributed by atoms with Gasteiger partial charge in [0.15, 0.2) is 0 Å². The third-order valence-corrected chi connectivity index (χ3v) is 1.52. The Balaban J connectivity index is 2.38. The number of methoxy groups -OCH3 is 1. The number of alkyl carbamates (subject to hydrolysis) is 1. The van der Waals surface area contributed by atoms with E-state index in [-0.39, 0.29) is 0 Å². The standard InChI is InChI=1S/C8H12N2O2/c1-10-4-3-7(6-10)5-9-8(11)12-2/h3-4,6H,5H2,1-2H3,(H,9,11). The van der Waals surface area contributed by atoms with Gasteiger partial charge in [0.05, 0.1) is 7.11 Å². The first kappa shape index (κ1) is 8.64. The van der Waals surface area contributed by atoms with Gasteiger partial charge in [0.2, 0.25) is 0 Å². The summed E-state index contributed by atoms with van der Waals surface area (Å²) in [6.45, 7) is 0.507. The fraction of sp³-hybridized carbons (Fsp3) is 0.375. The Morgan fingerprint density at radius 2 is 2.50 bits per heavy atom. The summed E-state index contributed by atoms with van der Waals surface area (Å²) in [7, 11) is 3.28. The third-order valence-electron chi connectivity index (χ3n) is 1.52. The molecule has 0 radical (unpaired) electrons. The van der Waals surface area contributed by atoms with Gasteiger partial charge in [-0.2, -0.15) is 0 Å². The average Bonchev–Trinajstić information content (AvgIpc) is 2.47. The minimum Gasteiger partial charge on any atom is -0.453 e. The van der Waals surface area contributed by atoms with Gasteiger partial charge in [-0.3, -0.25) is 0 Å². The molecule has 1 aromatic heterocycles. The molecule has 0 fully saturated rings. The Morgan fingerprint density at radius 1 is 1.75 bits per heavy atom. The van der Waals surface area contributed by atoms with Gasteiger partial charge in [-0.15, -0.1) is 0 Å². The Hall–Kier alpha value is -1.45. The second kappa shape index (κ2) is 3.80. The summed E-state index contributed by atoms with van der Waals surface area (Å²) < 4.78 is 6.35. The van der Waals surface area contributed by atoms with Crippen LogP contribution in [0.25, 0.3) is 0 Å². The van der Waals surface area contributed by atoms with Crippen molar-refractivity contribution >= 4 is 6.09 Å². The van der Waals surface area contributed by atoms with Gasteiger partial charge >= 0.3 is 6.09 Å². The Kier molecular flexibility index (Phi) is 2.74. The lowest BCUT2D eigenvalue weighted by Gasteiger charge is -2.00. The van der Waals surface area contributed by atoms with Crippen LogP contribution in [0.2, 0.25) is 0 Å². The van der Waals surface area contributed by atoms with Gasteiger partial charge < -0.3 is 14.6 Å². The first-order chi connectivity index (χ1) is 5.72. The zero-order valence-corrected chi connectivity index (χ0v) is 7.20. The maximum atomic E-state index is 10.7. The van der Waals surface area contributed by atoms with Crippen LogP contribution in [0.3, 0.4) is 0 Å². The van der Waals surface area contributed by atoms with Crippen molar-refractivity contribution in [2.45, 2.75) is 6.54 Å². The molecule has 4 heteroatoms. The number of carbonyl (C=O) groups excluding carboxylic acids is 1. The number of hydrogen-bond donors (Lipinski definition) is 1. The van der Waals surface area contributed by atoms with E-state index in [1.165, 1.54) is 7.11 Å². The number of carbonyl (C=O) groups is 1. The second-order valence-corrected chi connectivity index (χ2v) is 2.53. The van der Waals surface area contributed by atoms with Crippen LogP contribution in [0.4, 0.5) is 4.79 Å². The lowest BCUT2D eigenvalue weighted by molar-refractivity contribution is 0.170. The molecule has 4 nitrogen and oxygen atoms in total. The van der Waals surface area contributed by atoms with E-state index >= 15 is 0 Å². The predicted molar refractivity (Wildman–Crippen MR) is 44.7 cm³/mol. The van der Waals surface area contributed by atoms with Crippen LogP contribution in [-0.4, -0.2) is 17.8 Å². The van der Waals surface area contributed by atoms with Crippen molar-refractivity contribution in [3.05, 3.63) is 24.0 Å². The summed E-state index contributed by atoms with van der Waals surface area (Å²) in [6.07, 6.45) is 3.46. The highest BCUT2D eigenvalue weighted by Crippen LogP contribution is 1.98. The predicted octanol–water partition coefficient (Wildman–Crippen LogP) is 0.881. The number of nitrogens with zero attached hydrogens (tertiary/aromatic N) is 1. The molecule has 0 aliphatic rings. The van der Waals surface area contributed by atoms with Crippen molar-refractivity contribution < 1.29 is 9.53 Å². The highest BCUT2D eigenvalue weighted by atomic mass is 16.5. The van der Waals surface area contributed by atoms with Crippen molar-refractivity contribution in [3.8, 4) is 0 Å². The molecular weight excluding hydrogens is 156 g/mol. The van der Waals surface area contributed by atoms with E-state index in [9.17, 15) is 4.79 Å².